The molecule has 0 radical (unpaired) electrons. The molecule has 3 saturated heterocycles. The largest absolute Gasteiger partial charge is 0.479 e. The summed E-state index contributed by atoms with van der Waals surface area (Å²) in [4.78, 5) is 76.0. The van der Waals surface area contributed by atoms with E-state index < -0.39 is 46.1 Å². The summed E-state index contributed by atoms with van der Waals surface area (Å²) in [5.41, 5.74) is 3.53. The Kier molecular flexibility index (Phi) is 13.3. The van der Waals surface area contributed by atoms with Crippen molar-refractivity contribution in [2.75, 3.05) is 36.9 Å². The fourth-order valence-corrected chi connectivity index (χ4v) is 12.9. The minimum absolute atomic E-state index is 0.00345. The fourth-order valence-electron chi connectivity index (χ4n) is 9.50. The van der Waals surface area contributed by atoms with Crippen molar-refractivity contribution in [2.24, 2.45) is 7.05 Å². The van der Waals surface area contributed by atoms with Crippen LogP contribution in [0.3, 0.4) is 0 Å². The van der Waals surface area contributed by atoms with Crippen molar-refractivity contribution in [1.82, 2.24) is 23.7 Å². The first-order valence-electron chi connectivity index (χ1n) is 21.8. The quantitative estimate of drug-likeness (QED) is 0.0800. The van der Waals surface area contributed by atoms with Crippen LogP contribution in [-0.4, -0.2) is 105 Å². The van der Waals surface area contributed by atoms with Gasteiger partial charge in [0.05, 0.1) is 21.7 Å². The van der Waals surface area contributed by atoms with Crippen molar-refractivity contribution in [3.05, 3.63) is 98.2 Å². The van der Waals surface area contributed by atoms with Crippen molar-refractivity contribution in [3.8, 4) is 16.2 Å². The van der Waals surface area contributed by atoms with Crippen molar-refractivity contribution >= 4 is 85.2 Å². The average molecular weight is 977 g/mol. The minimum atomic E-state index is -3.81. The number of fused-ring (bicyclic) bond motifs is 1. The van der Waals surface area contributed by atoms with Crippen LogP contribution < -0.4 is 26.4 Å². The van der Waals surface area contributed by atoms with Crippen molar-refractivity contribution in [3.63, 3.8) is 0 Å². The van der Waals surface area contributed by atoms with Crippen LogP contribution in [0.2, 0.25) is 5.02 Å². The Balaban J connectivity index is 0.858. The number of carboxylic acids is 2. The normalized spacial score (nSPS) is 19.3. The SMILES string of the molecule is Cn1c(=O)n([C@@H]2CCC(=O)NC2=O)c2ccc(C3CCN(C(=O)Nc4cccc(CS(=O)(=O)N5CC[C@H](Nc6cccc(-c7sc(C(=O)O)c(OCC(=O)O)c7Cl)c6)CC5(C)C)c4)CC3)cc21. The number of nitrogens with zero attached hydrogens (tertiary/aromatic N) is 4. The standard InChI is InChI=1S/C46H50ClN7O11S2/c1-46(2)23-32(48-31-9-5-7-29(21-31)40-38(47)39(65-24-37(56)57)41(66-40)43(59)60)16-19-53(46)67(63,64)25-26-6-4-8-30(20-26)49-44(61)52-17-14-27(15-18-52)28-10-11-33-35(22-28)51(3)45(62)54(33)34-12-13-36(55)50-42(34)58/h4-11,20-22,27,32,34,48H,12-19,23-25H2,1-3H3,(H,49,61)(H,56,57)(H,59,60)(H,50,55,58)/t32-,34+/m0/s1. The van der Waals surface area contributed by atoms with Gasteiger partial charge < -0.3 is 30.5 Å². The molecule has 3 fully saturated rings. The molecule has 21 heteroatoms. The van der Waals surface area contributed by atoms with E-state index in [2.05, 4.69) is 16.0 Å². The molecule has 0 aliphatic carbocycles. The number of hydrogen-bond acceptors (Lipinski definition) is 11. The van der Waals surface area contributed by atoms with E-state index in [1.807, 2.05) is 38.1 Å². The minimum Gasteiger partial charge on any atom is -0.479 e. The zero-order valence-corrected chi connectivity index (χ0v) is 39.3. The summed E-state index contributed by atoms with van der Waals surface area (Å²) < 4.78 is 37.8. The van der Waals surface area contributed by atoms with Crippen LogP contribution in [-0.2, 0) is 37.2 Å². The van der Waals surface area contributed by atoms with Gasteiger partial charge in [0.2, 0.25) is 21.8 Å². The molecule has 18 nitrogen and oxygen atoms in total. The number of ether oxygens (including phenoxy) is 1. The van der Waals surface area contributed by atoms with Gasteiger partial charge in [0.1, 0.15) is 11.1 Å². The fraction of sp³-hybridized carbons (Fsp3) is 0.391. The predicted molar refractivity (Wildman–Crippen MR) is 253 cm³/mol. The summed E-state index contributed by atoms with van der Waals surface area (Å²) in [6.07, 6.45) is 2.75. The zero-order chi connectivity index (χ0) is 47.9. The molecule has 0 saturated carbocycles. The molecule has 5 heterocycles. The summed E-state index contributed by atoms with van der Waals surface area (Å²) in [7, 11) is -2.15. The van der Waals surface area contributed by atoms with Crippen molar-refractivity contribution < 1.29 is 47.3 Å². The Hall–Kier alpha value is -6.22. The van der Waals surface area contributed by atoms with E-state index >= 15 is 0 Å². The van der Waals surface area contributed by atoms with Gasteiger partial charge in [-0.1, -0.05) is 41.9 Å². The van der Waals surface area contributed by atoms with E-state index in [9.17, 15) is 42.3 Å². The molecule has 3 aliphatic heterocycles. The number of aliphatic carboxylic acids is 1. The van der Waals surface area contributed by atoms with Gasteiger partial charge in [0.25, 0.3) is 0 Å². The van der Waals surface area contributed by atoms with Gasteiger partial charge in [-0.2, -0.15) is 4.31 Å². The number of hydrogen-bond donors (Lipinski definition) is 5. The Morgan fingerprint density at radius 2 is 1.66 bits per heavy atom. The maximum atomic E-state index is 14.0. The molecule has 4 amide bonds. The molecular weight excluding hydrogens is 926 g/mol. The highest BCUT2D eigenvalue weighted by atomic mass is 35.5. The number of carbonyl (C=O) groups excluding carboxylic acids is 3. The number of benzene rings is 3. The number of sulfonamides is 1. The van der Waals surface area contributed by atoms with E-state index in [0.717, 1.165) is 16.9 Å². The third-order valence-electron chi connectivity index (χ3n) is 12.7. The lowest BCUT2D eigenvalue weighted by atomic mass is 9.89. The molecular formula is C46H50ClN7O11S2. The molecule has 2 aromatic heterocycles. The topological polar surface area (TPSA) is 239 Å². The number of aromatic carboxylic acids is 1. The molecule has 67 heavy (non-hydrogen) atoms. The molecule has 3 aromatic carbocycles. The number of carbonyl (C=O) groups is 5. The third kappa shape index (κ3) is 9.93. The number of thiophene rings is 1. The van der Waals surface area contributed by atoms with Gasteiger partial charge in [-0.05, 0) is 105 Å². The number of aromatic nitrogens is 2. The van der Waals surface area contributed by atoms with Gasteiger partial charge in [0.15, 0.2) is 17.2 Å². The third-order valence-corrected chi connectivity index (χ3v) is 16.4. The van der Waals surface area contributed by atoms with Crippen molar-refractivity contribution in [1.29, 1.82) is 0 Å². The van der Waals surface area contributed by atoms with E-state index in [-0.39, 0.29) is 70.4 Å². The molecule has 0 bridgehead atoms. The summed E-state index contributed by atoms with van der Waals surface area (Å²) in [5.74, 6) is -3.76. The molecule has 0 spiro atoms. The average Bonchev–Trinajstić information content (AvgIpc) is 3.73. The number of piperidine rings is 3. The summed E-state index contributed by atoms with van der Waals surface area (Å²) in [6, 6.07) is 18.6. The monoisotopic (exact) mass is 975 g/mol. The number of aryl methyl sites for hydroxylation is 1. The maximum absolute atomic E-state index is 14.0. The van der Waals surface area contributed by atoms with Crippen LogP contribution in [0, 0.1) is 0 Å². The van der Waals surface area contributed by atoms with E-state index in [1.165, 1.54) is 13.4 Å². The van der Waals surface area contributed by atoms with E-state index in [4.69, 9.17) is 21.4 Å². The number of likely N-dealkylation sites (tertiary alicyclic amines) is 1. The maximum Gasteiger partial charge on any atom is 0.349 e. The number of urea groups is 1. The number of amides is 4. The van der Waals surface area contributed by atoms with Crippen LogP contribution in [0.5, 0.6) is 5.75 Å². The number of imidazole rings is 1. The van der Waals surface area contributed by atoms with Gasteiger partial charge in [-0.25, -0.2) is 27.6 Å². The van der Waals surface area contributed by atoms with Gasteiger partial charge in [-0.15, -0.1) is 11.3 Å². The summed E-state index contributed by atoms with van der Waals surface area (Å²) in [5, 5.41) is 27.5. The second kappa shape index (κ2) is 18.8. The van der Waals surface area contributed by atoms with Crippen LogP contribution in [0.4, 0.5) is 16.2 Å². The molecule has 2 atom stereocenters. The molecule has 354 valence electrons. The second-order valence-electron chi connectivity index (χ2n) is 17.8. The first-order chi connectivity index (χ1) is 31.8. The smallest absolute Gasteiger partial charge is 0.349 e. The Morgan fingerprint density at radius 1 is 0.925 bits per heavy atom. The van der Waals surface area contributed by atoms with Crippen LogP contribution >= 0.6 is 22.9 Å². The lowest BCUT2D eigenvalue weighted by molar-refractivity contribution is -0.139. The van der Waals surface area contributed by atoms with Gasteiger partial charge >= 0.3 is 23.7 Å². The van der Waals surface area contributed by atoms with Crippen molar-refractivity contribution in [2.45, 2.75) is 81.7 Å². The second-order valence-corrected chi connectivity index (χ2v) is 21.1. The Morgan fingerprint density at radius 3 is 2.36 bits per heavy atom. The number of anilines is 2. The first kappa shape index (κ1) is 47.3. The number of imide groups is 1. The first-order valence-corrected chi connectivity index (χ1v) is 24.6. The Bertz CT molecular complexity index is 2970. The highest BCUT2D eigenvalue weighted by Gasteiger charge is 2.42. The summed E-state index contributed by atoms with van der Waals surface area (Å²) in [6.45, 7) is 4.22. The van der Waals surface area contributed by atoms with Gasteiger partial charge in [-0.3, -0.25) is 24.0 Å². The lowest BCUT2D eigenvalue weighted by Crippen LogP contribution is -2.55. The van der Waals surface area contributed by atoms with Crippen LogP contribution in [0.15, 0.2) is 71.5 Å². The van der Waals surface area contributed by atoms with E-state index in [1.54, 1.807) is 54.4 Å². The summed E-state index contributed by atoms with van der Waals surface area (Å²) >= 11 is 7.40. The number of rotatable bonds is 13. The zero-order valence-electron chi connectivity index (χ0n) is 36.9. The van der Waals surface area contributed by atoms with Crippen LogP contribution in [0.1, 0.15) is 85.1 Å². The molecule has 0 unspecified atom stereocenters. The molecule has 5 aromatic rings. The Labute approximate surface area is 394 Å². The van der Waals surface area contributed by atoms with Gasteiger partial charge in [0, 0.05) is 56.1 Å². The highest BCUT2D eigenvalue weighted by molar-refractivity contribution is 7.88. The molecule has 8 rings (SSSR count). The number of halogens is 1. The number of nitrogens with one attached hydrogen (secondary N) is 3. The highest BCUT2D eigenvalue weighted by Crippen LogP contribution is 2.46. The van der Waals surface area contributed by atoms with Crippen LogP contribution in [0.25, 0.3) is 21.5 Å². The predicted octanol–water partition coefficient (Wildman–Crippen LogP) is 6.46. The number of carboxylic acid groups (broad SMARTS) is 2. The molecule has 3 aliphatic rings. The molecule has 5 N–H and O–H groups in total. The lowest BCUT2D eigenvalue weighted by Gasteiger charge is -2.45. The van der Waals surface area contributed by atoms with E-state index in [0.29, 0.717) is 77.2 Å².